The van der Waals surface area contributed by atoms with E-state index in [1.165, 1.54) is 0 Å². The fraction of sp³-hybridized carbons (Fsp3) is 0.588. The van der Waals surface area contributed by atoms with Gasteiger partial charge in [-0.05, 0) is 25.0 Å². The second-order valence-electron chi connectivity index (χ2n) is 6.02. The number of hydrogen-bond acceptors (Lipinski definition) is 4. The molecule has 3 rings (SSSR count). The highest BCUT2D eigenvalue weighted by Crippen LogP contribution is 2.26. The SMILES string of the molecule is CN(CC(=O)N1CCC(C2OCCO2)CC1)c1ccccc1. The van der Waals surface area contributed by atoms with Gasteiger partial charge in [-0.25, -0.2) is 0 Å². The summed E-state index contributed by atoms with van der Waals surface area (Å²) in [6.45, 7) is 3.42. The van der Waals surface area contributed by atoms with Gasteiger partial charge in [0.1, 0.15) is 0 Å². The average molecular weight is 304 g/mol. The molecule has 5 nitrogen and oxygen atoms in total. The Balaban J connectivity index is 1.47. The number of likely N-dealkylation sites (tertiary alicyclic amines) is 1. The summed E-state index contributed by atoms with van der Waals surface area (Å²) in [6.07, 6.45) is 1.88. The van der Waals surface area contributed by atoms with Crippen LogP contribution in [0.2, 0.25) is 0 Å². The summed E-state index contributed by atoms with van der Waals surface area (Å²) in [6, 6.07) is 10.0. The Morgan fingerprint density at radius 3 is 2.45 bits per heavy atom. The number of likely N-dealkylation sites (N-methyl/N-ethyl adjacent to an activating group) is 1. The van der Waals surface area contributed by atoms with Gasteiger partial charge in [0.25, 0.3) is 0 Å². The Hall–Kier alpha value is -1.59. The maximum absolute atomic E-state index is 12.4. The highest BCUT2D eigenvalue weighted by molar-refractivity contribution is 5.81. The summed E-state index contributed by atoms with van der Waals surface area (Å²) in [7, 11) is 1.96. The summed E-state index contributed by atoms with van der Waals surface area (Å²) < 4.78 is 11.2. The van der Waals surface area contributed by atoms with Crippen molar-refractivity contribution in [2.75, 3.05) is 44.8 Å². The largest absolute Gasteiger partial charge is 0.365 e. The Morgan fingerprint density at radius 1 is 1.18 bits per heavy atom. The van der Waals surface area contributed by atoms with Crippen LogP contribution in [0.25, 0.3) is 0 Å². The first-order chi connectivity index (χ1) is 10.7. The smallest absolute Gasteiger partial charge is 0.242 e. The van der Waals surface area contributed by atoms with Crippen LogP contribution in [0.15, 0.2) is 30.3 Å². The van der Waals surface area contributed by atoms with Crippen LogP contribution >= 0.6 is 0 Å². The third-order valence-corrected chi connectivity index (χ3v) is 4.49. The maximum Gasteiger partial charge on any atom is 0.242 e. The first-order valence-electron chi connectivity index (χ1n) is 8.01. The lowest BCUT2D eigenvalue weighted by Gasteiger charge is -2.34. The number of hydrogen-bond donors (Lipinski definition) is 0. The van der Waals surface area contributed by atoms with Crippen molar-refractivity contribution >= 4 is 11.6 Å². The summed E-state index contributed by atoms with van der Waals surface area (Å²) in [4.78, 5) is 16.4. The molecule has 0 aromatic heterocycles. The van der Waals surface area contributed by atoms with E-state index in [9.17, 15) is 4.79 Å². The topological polar surface area (TPSA) is 42.0 Å². The number of carbonyl (C=O) groups is 1. The molecule has 1 aromatic carbocycles. The minimum absolute atomic E-state index is 0.0516. The lowest BCUT2D eigenvalue weighted by molar-refractivity contribution is -0.135. The molecule has 1 amide bonds. The summed E-state index contributed by atoms with van der Waals surface area (Å²) in [5.41, 5.74) is 1.07. The van der Waals surface area contributed by atoms with E-state index >= 15 is 0 Å². The second-order valence-corrected chi connectivity index (χ2v) is 6.02. The average Bonchev–Trinajstić information content (AvgIpc) is 3.10. The molecule has 0 bridgehead atoms. The van der Waals surface area contributed by atoms with Gasteiger partial charge in [0.2, 0.25) is 5.91 Å². The van der Waals surface area contributed by atoms with Crippen LogP contribution in [0.3, 0.4) is 0 Å². The van der Waals surface area contributed by atoms with Gasteiger partial charge in [-0.1, -0.05) is 18.2 Å². The van der Waals surface area contributed by atoms with Gasteiger partial charge in [0, 0.05) is 31.7 Å². The molecule has 2 heterocycles. The molecule has 0 saturated carbocycles. The number of anilines is 1. The number of piperidine rings is 1. The third kappa shape index (κ3) is 3.59. The van der Waals surface area contributed by atoms with Crippen molar-refractivity contribution in [3.05, 3.63) is 30.3 Å². The molecule has 0 spiro atoms. The van der Waals surface area contributed by atoms with Gasteiger partial charge < -0.3 is 19.3 Å². The molecule has 22 heavy (non-hydrogen) atoms. The van der Waals surface area contributed by atoms with Crippen LogP contribution in [-0.2, 0) is 14.3 Å². The number of amides is 1. The predicted octanol–water partition coefficient (Wildman–Crippen LogP) is 1.73. The number of rotatable bonds is 4. The zero-order chi connectivity index (χ0) is 15.4. The molecule has 2 aliphatic heterocycles. The Labute approximate surface area is 131 Å². The minimum Gasteiger partial charge on any atom is -0.365 e. The van der Waals surface area contributed by atoms with E-state index in [1.54, 1.807) is 0 Å². The summed E-state index contributed by atoms with van der Waals surface area (Å²) in [5, 5.41) is 0. The quantitative estimate of drug-likeness (QED) is 0.849. The monoisotopic (exact) mass is 304 g/mol. The molecule has 0 radical (unpaired) electrons. The summed E-state index contributed by atoms with van der Waals surface area (Å²) in [5.74, 6) is 0.622. The number of nitrogens with zero attached hydrogens (tertiary/aromatic N) is 2. The van der Waals surface area contributed by atoms with Crippen molar-refractivity contribution < 1.29 is 14.3 Å². The van der Waals surface area contributed by atoms with E-state index in [0.29, 0.717) is 25.7 Å². The van der Waals surface area contributed by atoms with Crippen molar-refractivity contribution in [1.82, 2.24) is 4.90 Å². The highest BCUT2D eigenvalue weighted by atomic mass is 16.7. The van der Waals surface area contributed by atoms with Gasteiger partial charge >= 0.3 is 0 Å². The van der Waals surface area contributed by atoms with E-state index < -0.39 is 0 Å². The van der Waals surface area contributed by atoms with E-state index in [4.69, 9.17) is 9.47 Å². The van der Waals surface area contributed by atoms with Gasteiger partial charge in [0.15, 0.2) is 6.29 Å². The van der Waals surface area contributed by atoms with Crippen LogP contribution in [0.1, 0.15) is 12.8 Å². The molecule has 2 fully saturated rings. The van der Waals surface area contributed by atoms with Gasteiger partial charge in [-0.15, -0.1) is 0 Å². The van der Waals surface area contributed by atoms with Crippen LogP contribution in [0, 0.1) is 5.92 Å². The molecule has 0 unspecified atom stereocenters. The Bertz CT molecular complexity index is 480. The molecule has 0 aliphatic carbocycles. The number of carbonyl (C=O) groups excluding carboxylic acids is 1. The molecule has 5 heteroatoms. The maximum atomic E-state index is 12.4. The minimum atomic E-state index is -0.0516. The molecule has 120 valence electrons. The van der Waals surface area contributed by atoms with Crippen molar-refractivity contribution in [1.29, 1.82) is 0 Å². The van der Waals surface area contributed by atoms with E-state index in [1.807, 2.05) is 47.2 Å². The molecular formula is C17H24N2O3. The number of benzene rings is 1. The highest BCUT2D eigenvalue weighted by Gasteiger charge is 2.31. The third-order valence-electron chi connectivity index (χ3n) is 4.49. The van der Waals surface area contributed by atoms with Crippen LogP contribution in [-0.4, -0.2) is 57.0 Å². The molecule has 2 saturated heterocycles. The fourth-order valence-corrected chi connectivity index (χ4v) is 3.15. The first kappa shape index (κ1) is 15.3. The van der Waals surface area contributed by atoms with Crippen molar-refractivity contribution in [2.24, 2.45) is 5.92 Å². The molecule has 0 atom stereocenters. The summed E-state index contributed by atoms with van der Waals surface area (Å²) >= 11 is 0. The molecule has 0 N–H and O–H groups in total. The van der Waals surface area contributed by atoms with Gasteiger partial charge in [-0.2, -0.15) is 0 Å². The zero-order valence-electron chi connectivity index (χ0n) is 13.1. The first-order valence-corrected chi connectivity index (χ1v) is 8.01. The van der Waals surface area contributed by atoms with Crippen LogP contribution in [0.5, 0.6) is 0 Å². The standard InChI is InChI=1S/C17H24N2O3/c1-18(15-5-3-2-4-6-15)13-16(20)19-9-7-14(8-10-19)17-21-11-12-22-17/h2-6,14,17H,7-13H2,1H3. The van der Waals surface area contributed by atoms with Crippen molar-refractivity contribution in [3.63, 3.8) is 0 Å². The van der Waals surface area contributed by atoms with E-state index in [0.717, 1.165) is 31.6 Å². The normalized spacial score (nSPS) is 20.3. The zero-order valence-corrected chi connectivity index (χ0v) is 13.1. The number of ether oxygens (including phenoxy) is 2. The Morgan fingerprint density at radius 2 is 1.82 bits per heavy atom. The van der Waals surface area contributed by atoms with Crippen molar-refractivity contribution in [3.8, 4) is 0 Å². The lowest BCUT2D eigenvalue weighted by atomic mass is 9.96. The van der Waals surface area contributed by atoms with Gasteiger partial charge in [0.05, 0.1) is 19.8 Å². The second kappa shape index (κ2) is 7.11. The van der Waals surface area contributed by atoms with Crippen molar-refractivity contribution in [2.45, 2.75) is 19.1 Å². The number of para-hydroxylation sites is 1. The van der Waals surface area contributed by atoms with E-state index in [-0.39, 0.29) is 12.2 Å². The van der Waals surface area contributed by atoms with Gasteiger partial charge in [-0.3, -0.25) is 4.79 Å². The van der Waals surface area contributed by atoms with Crippen LogP contribution < -0.4 is 4.90 Å². The predicted molar refractivity (Wildman–Crippen MR) is 84.7 cm³/mol. The lowest BCUT2D eigenvalue weighted by Crippen LogP contribution is -2.45. The molecular weight excluding hydrogens is 280 g/mol. The molecule has 1 aromatic rings. The van der Waals surface area contributed by atoms with Crippen LogP contribution in [0.4, 0.5) is 5.69 Å². The molecule has 2 aliphatic rings. The fourth-order valence-electron chi connectivity index (χ4n) is 3.15. The van der Waals surface area contributed by atoms with E-state index in [2.05, 4.69) is 0 Å². The Kier molecular flexibility index (Phi) is 4.95.